The number of thiophene rings is 1. The van der Waals surface area contributed by atoms with Crippen LogP contribution in [0.15, 0.2) is 28.7 Å². The largest absolute Gasteiger partial charge is 0.456 e. The molecule has 1 aliphatic carbocycles. The van der Waals surface area contributed by atoms with E-state index in [1.807, 2.05) is 18.2 Å². The summed E-state index contributed by atoms with van der Waals surface area (Å²) < 4.78 is 10.6. The van der Waals surface area contributed by atoms with Crippen molar-refractivity contribution in [3.8, 4) is 0 Å². The van der Waals surface area contributed by atoms with Crippen molar-refractivity contribution in [2.45, 2.75) is 32.1 Å². The van der Waals surface area contributed by atoms with Crippen molar-refractivity contribution in [3.05, 3.63) is 46.2 Å². The Kier molecular flexibility index (Phi) is 5.30. The number of ether oxygens (including phenoxy) is 1. The van der Waals surface area contributed by atoms with Crippen molar-refractivity contribution in [2.75, 3.05) is 11.9 Å². The summed E-state index contributed by atoms with van der Waals surface area (Å²) in [6.45, 7) is -0.437. The summed E-state index contributed by atoms with van der Waals surface area (Å²) in [5.74, 6) is -1.17. The molecule has 2 amide bonds. The van der Waals surface area contributed by atoms with Crippen molar-refractivity contribution in [1.82, 2.24) is 4.98 Å². The van der Waals surface area contributed by atoms with Gasteiger partial charge < -0.3 is 20.2 Å². The van der Waals surface area contributed by atoms with Crippen LogP contribution >= 0.6 is 11.3 Å². The molecule has 3 N–H and O–H groups in total. The Morgan fingerprint density at radius 2 is 2.07 bits per heavy atom. The van der Waals surface area contributed by atoms with Gasteiger partial charge in [0, 0.05) is 11.3 Å². The van der Waals surface area contributed by atoms with E-state index in [0.717, 1.165) is 35.2 Å². The monoisotopic (exact) mass is 413 g/mol. The summed E-state index contributed by atoms with van der Waals surface area (Å²) in [7, 11) is 0. The van der Waals surface area contributed by atoms with Gasteiger partial charge in [0.2, 0.25) is 0 Å². The molecule has 0 aliphatic heterocycles. The van der Waals surface area contributed by atoms with E-state index in [9.17, 15) is 14.4 Å². The van der Waals surface area contributed by atoms with Crippen LogP contribution in [0.25, 0.3) is 11.1 Å². The van der Waals surface area contributed by atoms with Crippen LogP contribution in [0.2, 0.25) is 0 Å². The predicted molar refractivity (Wildman–Crippen MR) is 107 cm³/mol. The Balaban J connectivity index is 1.28. The van der Waals surface area contributed by atoms with Crippen molar-refractivity contribution in [1.29, 1.82) is 0 Å². The minimum atomic E-state index is -0.560. The van der Waals surface area contributed by atoms with Crippen LogP contribution < -0.4 is 11.1 Å². The van der Waals surface area contributed by atoms with E-state index in [1.165, 1.54) is 11.3 Å². The first-order chi connectivity index (χ1) is 14.0. The maximum Gasteiger partial charge on any atom is 0.306 e. The maximum absolute atomic E-state index is 12.1. The van der Waals surface area contributed by atoms with E-state index < -0.39 is 24.4 Å². The number of anilines is 1. The number of benzene rings is 1. The van der Waals surface area contributed by atoms with E-state index >= 15 is 0 Å². The first kappa shape index (κ1) is 19.1. The topological polar surface area (TPSA) is 125 Å². The number of esters is 1. The van der Waals surface area contributed by atoms with Gasteiger partial charge in [0.05, 0.1) is 12.0 Å². The number of carbonyl (C=O) groups excluding carboxylic acids is 3. The molecule has 1 aromatic carbocycles. The van der Waals surface area contributed by atoms with Crippen LogP contribution in [0.3, 0.4) is 0 Å². The molecule has 0 bridgehead atoms. The fourth-order valence-corrected chi connectivity index (χ4v) is 4.68. The second-order valence-electron chi connectivity index (χ2n) is 6.71. The van der Waals surface area contributed by atoms with Crippen molar-refractivity contribution in [2.24, 2.45) is 5.73 Å². The van der Waals surface area contributed by atoms with Gasteiger partial charge in [-0.3, -0.25) is 14.4 Å². The molecule has 0 atom stereocenters. The van der Waals surface area contributed by atoms with Gasteiger partial charge in [-0.05, 0) is 37.0 Å². The zero-order valence-corrected chi connectivity index (χ0v) is 16.3. The number of nitrogens with one attached hydrogen (secondary N) is 1. The molecule has 2 aromatic heterocycles. The third-order valence-corrected chi connectivity index (χ3v) is 5.87. The molecule has 8 nitrogen and oxygen atoms in total. The molecule has 0 saturated heterocycles. The molecule has 0 radical (unpaired) electrons. The molecule has 4 rings (SSSR count). The van der Waals surface area contributed by atoms with Crippen LogP contribution in [-0.2, 0) is 33.6 Å². The smallest absolute Gasteiger partial charge is 0.306 e. The third-order valence-electron chi connectivity index (χ3n) is 4.67. The number of nitrogens with zero attached hydrogens (tertiary/aromatic N) is 1. The molecule has 1 aliphatic rings. The van der Waals surface area contributed by atoms with E-state index in [2.05, 4.69) is 10.3 Å². The molecular weight excluding hydrogens is 394 g/mol. The lowest BCUT2D eigenvalue weighted by Crippen LogP contribution is -2.22. The van der Waals surface area contributed by atoms with E-state index in [-0.39, 0.29) is 12.8 Å². The summed E-state index contributed by atoms with van der Waals surface area (Å²) in [5, 5.41) is 3.06. The number of aryl methyl sites for hydroxylation is 2. The number of hydrogen-bond donors (Lipinski definition) is 2. The average molecular weight is 413 g/mol. The summed E-state index contributed by atoms with van der Waals surface area (Å²) in [4.78, 5) is 41.2. The molecule has 2 heterocycles. The number of aromatic nitrogens is 1. The number of carbonyl (C=O) groups is 3. The standard InChI is InChI=1S/C20H19N3O5S/c21-19(26)18-11-4-3-7-14(11)29-20(18)23-15(24)10-27-17(25)9-8-16-22-12-5-1-2-6-13(12)28-16/h1-2,5-6H,3-4,7-10H2,(H2,21,26)(H,23,24). The zero-order valence-electron chi connectivity index (χ0n) is 15.5. The van der Waals surface area contributed by atoms with Crippen molar-refractivity contribution >= 4 is 45.2 Å². The minimum absolute atomic E-state index is 0.0416. The van der Waals surface area contributed by atoms with E-state index in [4.69, 9.17) is 14.9 Å². The van der Waals surface area contributed by atoms with Gasteiger partial charge in [-0.25, -0.2) is 4.98 Å². The third kappa shape index (κ3) is 4.14. The normalized spacial score (nSPS) is 12.7. The summed E-state index contributed by atoms with van der Waals surface area (Å²) in [5.41, 5.74) is 8.15. The van der Waals surface area contributed by atoms with Crippen molar-refractivity contribution in [3.63, 3.8) is 0 Å². The summed E-state index contributed by atoms with van der Waals surface area (Å²) in [6, 6.07) is 7.32. The molecule has 0 spiro atoms. The number of nitrogens with two attached hydrogens (primary N) is 1. The van der Waals surface area contributed by atoms with Gasteiger partial charge in [0.25, 0.3) is 11.8 Å². The number of hydrogen-bond acceptors (Lipinski definition) is 7. The van der Waals surface area contributed by atoms with Gasteiger partial charge in [-0.15, -0.1) is 11.3 Å². The Morgan fingerprint density at radius 3 is 2.86 bits per heavy atom. The highest BCUT2D eigenvalue weighted by molar-refractivity contribution is 7.17. The molecule has 3 aromatic rings. The predicted octanol–water partition coefficient (Wildman–Crippen LogP) is 2.59. The van der Waals surface area contributed by atoms with Crippen LogP contribution in [0, 0.1) is 0 Å². The first-order valence-electron chi connectivity index (χ1n) is 9.25. The SMILES string of the molecule is NC(=O)c1c(NC(=O)COC(=O)CCc2nc3ccccc3o2)sc2c1CCC2. The Bertz CT molecular complexity index is 1070. The fraction of sp³-hybridized carbons (Fsp3) is 0.300. The first-order valence-corrected chi connectivity index (χ1v) is 10.1. The quantitative estimate of drug-likeness (QED) is 0.574. The van der Waals surface area contributed by atoms with Crippen molar-refractivity contribution < 1.29 is 23.5 Å². The molecular formula is C20H19N3O5S. The zero-order chi connectivity index (χ0) is 20.4. The Morgan fingerprint density at radius 1 is 1.24 bits per heavy atom. The summed E-state index contributed by atoms with van der Waals surface area (Å²) >= 11 is 1.36. The van der Waals surface area contributed by atoms with Gasteiger partial charge in [0.1, 0.15) is 10.5 Å². The van der Waals surface area contributed by atoms with Crippen LogP contribution in [0.1, 0.15) is 39.5 Å². The van der Waals surface area contributed by atoms with Crippen LogP contribution in [0.5, 0.6) is 0 Å². The summed E-state index contributed by atoms with van der Waals surface area (Å²) in [6.07, 6.45) is 2.96. The number of fused-ring (bicyclic) bond motifs is 2. The average Bonchev–Trinajstić information content (AvgIpc) is 3.37. The Hall–Kier alpha value is -3.20. The molecule has 150 valence electrons. The van der Waals surface area contributed by atoms with E-state index in [0.29, 0.717) is 22.0 Å². The lowest BCUT2D eigenvalue weighted by atomic mass is 10.1. The lowest BCUT2D eigenvalue weighted by Gasteiger charge is -2.07. The minimum Gasteiger partial charge on any atom is -0.456 e. The number of oxazole rings is 1. The van der Waals surface area contributed by atoms with Gasteiger partial charge in [0.15, 0.2) is 18.1 Å². The molecule has 0 saturated carbocycles. The number of primary amides is 1. The second-order valence-corrected chi connectivity index (χ2v) is 7.82. The number of amides is 2. The van der Waals surface area contributed by atoms with E-state index in [1.54, 1.807) is 6.07 Å². The lowest BCUT2D eigenvalue weighted by molar-refractivity contribution is -0.147. The molecule has 0 unspecified atom stereocenters. The van der Waals surface area contributed by atoms with Gasteiger partial charge >= 0.3 is 5.97 Å². The second kappa shape index (κ2) is 8.04. The maximum atomic E-state index is 12.1. The highest BCUT2D eigenvalue weighted by atomic mass is 32.1. The highest BCUT2D eigenvalue weighted by Crippen LogP contribution is 2.38. The fourth-order valence-electron chi connectivity index (χ4n) is 3.37. The Labute approximate surface area is 170 Å². The van der Waals surface area contributed by atoms with Crippen LogP contribution in [0.4, 0.5) is 5.00 Å². The van der Waals surface area contributed by atoms with Gasteiger partial charge in [-0.1, -0.05) is 12.1 Å². The van der Waals surface area contributed by atoms with Crippen LogP contribution in [-0.4, -0.2) is 29.4 Å². The number of para-hydroxylation sites is 2. The molecule has 0 fully saturated rings. The highest BCUT2D eigenvalue weighted by Gasteiger charge is 2.26. The number of rotatable bonds is 7. The van der Waals surface area contributed by atoms with Gasteiger partial charge in [-0.2, -0.15) is 0 Å². The molecule has 29 heavy (non-hydrogen) atoms. The molecule has 9 heteroatoms.